The number of hydrogen-bond donors (Lipinski definition) is 1. The zero-order chi connectivity index (χ0) is 13.1. The van der Waals surface area contributed by atoms with Gasteiger partial charge in [-0.25, -0.2) is 4.98 Å². The first kappa shape index (κ1) is 12.8. The van der Waals surface area contributed by atoms with Crippen LogP contribution >= 0.6 is 11.8 Å². The third kappa shape index (κ3) is 2.59. The summed E-state index contributed by atoms with van der Waals surface area (Å²) in [6, 6.07) is 12.2. The molecule has 0 aliphatic rings. The molecule has 0 spiro atoms. The summed E-state index contributed by atoms with van der Waals surface area (Å²) in [5.41, 5.74) is 8.48. The fraction of sp³-hybridized carbons (Fsp3) is 0.214. The van der Waals surface area contributed by atoms with Crippen LogP contribution in [0.15, 0.2) is 41.3 Å². The van der Waals surface area contributed by atoms with Crippen molar-refractivity contribution in [2.45, 2.75) is 11.8 Å². The van der Waals surface area contributed by atoms with Crippen LogP contribution in [0.1, 0.15) is 5.69 Å². The number of anilines is 3. The molecule has 0 aliphatic heterocycles. The molecule has 1 aromatic heterocycles. The van der Waals surface area contributed by atoms with Gasteiger partial charge in [0.25, 0.3) is 0 Å². The van der Waals surface area contributed by atoms with E-state index in [1.54, 1.807) is 11.8 Å². The van der Waals surface area contributed by atoms with E-state index >= 15 is 0 Å². The number of nitrogens with zero attached hydrogens (tertiary/aromatic N) is 2. The van der Waals surface area contributed by atoms with Crippen molar-refractivity contribution in [3.8, 4) is 0 Å². The molecule has 0 bridgehead atoms. The quantitative estimate of drug-likeness (QED) is 0.857. The number of hydrogen-bond acceptors (Lipinski definition) is 4. The standard InChI is InChI=1S/C14H17N3S/c1-10-13(15)8-9-14(16-10)17(2)11-4-6-12(18-3)7-5-11/h4-9H,15H2,1-3H3. The topological polar surface area (TPSA) is 42.1 Å². The third-order valence-corrected chi connectivity index (χ3v) is 3.66. The molecule has 0 fully saturated rings. The summed E-state index contributed by atoms with van der Waals surface area (Å²) >= 11 is 1.74. The van der Waals surface area contributed by atoms with Crippen LogP contribution in [0.3, 0.4) is 0 Å². The van der Waals surface area contributed by atoms with Gasteiger partial charge in [-0.1, -0.05) is 0 Å². The number of nitrogens with two attached hydrogens (primary N) is 1. The Morgan fingerprint density at radius 1 is 1.11 bits per heavy atom. The molecule has 0 saturated heterocycles. The Labute approximate surface area is 112 Å². The van der Waals surface area contributed by atoms with Gasteiger partial charge in [0, 0.05) is 17.6 Å². The van der Waals surface area contributed by atoms with Crippen LogP contribution in [-0.2, 0) is 0 Å². The highest BCUT2D eigenvalue weighted by molar-refractivity contribution is 7.98. The fourth-order valence-corrected chi connectivity index (χ4v) is 2.09. The molecule has 0 unspecified atom stereocenters. The van der Waals surface area contributed by atoms with Gasteiger partial charge in [0.1, 0.15) is 5.82 Å². The second-order valence-electron chi connectivity index (χ2n) is 4.10. The zero-order valence-corrected chi connectivity index (χ0v) is 11.7. The van der Waals surface area contributed by atoms with Crippen LogP contribution in [0.5, 0.6) is 0 Å². The molecule has 2 aromatic rings. The molecule has 3 nitrogen and oxygen atoms in total. The van der Waals surface area contributed by atoms with E-state index in [0.717, 1.165) is 22.9 Å². The second kappa shape index (κ2) is 5.31. The number of nitrogen functional groups attached to an aromatic ring is 1. The first-order valence-corrected chi connectivity index (χ1v) is 6.95. The van der Waals surface area contributed by atoms with Gasteiger partial charge in [0.2, 0.25) is 0 Å². The van der Waals surface area contributed by atoms with Crippen molar-refractivity contribution in [2.24, 2.45) is 0 Å². The largest absolute Gasteiger partial charge is 0.397 e. The minimum absolute atomic E-state index is 0.727. The van der Waals surface area contributed by atoms with E-state index in [1.807, 2.05) is 26.1 Å². The summed E-state index contributed by atoms with van der Waals surface area (Å²) in [5.74, 6) is 0.901. The minimum Gasteiger partial charge on any atom is -0.397 e. The average molecular weight is 259 g/mol. The lowest BCUT2D eigenvalue weighted by Gasteiger charge is -2.19. The van der Waals surface area contributed by atoms with Crippen molar-refractivity contribution in [2.75, 3.05) is 23.9 Å². The molecule has 1 heterocycles. The van der Waals surface area contributed by atoms with Crippen LogP contribution in [0.2, 0.25) is 0 Å². The van der Waals surface area contributed by atoms with Crippen LogP contribution in [0.25, 0.3) is 0 Å². The number of aromatic nitrogens is 1. The lowest BCUT2D eigenvalue weighted by atomic mass is 10.2. The molecule has 0 saturated carbocycles. The van der Waals surface area contributed by atoms with Crippen molar-refractivity contribution in [1.82, 2.24) is 4.98 Å². The molecule has 2 N–H and O–H groups in total. The third-order valence-electron chi connectivity index (χ3n) is 2.92. The molecular weight excluding hydrogens is 242 g/mol. The van der Waals surface area contributed by atoms with Crippen molar-refractivity contribution >= 4 is 29.0 Å². The lowest BCUT2D eigenvalue weighted by Crippen LogP contribution is -2.12. The van der Waals surface area contributed by atoms with Gasteiger partial charge in [-0.2, -0.15) is 0 Å². The van der Waals surface area contributed by atoms with Gasteiger partial charge in [0.15, 0.2) is 0 Å². The normalized spacial score (nSPS) is 10.4. The summed E-state index contributed by atoms with van der Waals surface area (Å²) < 4.78 is 0. The number of rotatable bonds is 3. The van der Waals surface area contributed by atoms with Gasteiger partial charge in [-0.15, -0.1) is 11.8 Å². The van der Waals surface area contributed by atoms with Gasteiger partial charge in [-0.05, 0) is 49.6 Å². The van der Waals surface area contributed by atoms with E-state index < -0.39 is 0 Å². The van der Waals surface area contributed by atoms with Crippen LogP contribution in [0.4, 0.5) is 17.2 Å². The summed E-state index contributed by atoms with van der Waals surface area (Å²) in [7, 11) is 2.01. The number of thioether (sulfide) groups is 1. The van der Waals surface area contributed by atoms with E-state index in [-0.39, 0.29) is 0 Å². The van der Waals surface area contributed by atoms with Gasteiger partial charge in [-0.3, -0.25) is 0 Å². The van der Waals surface area contributed by atoms with Crippen molar-refractivity contribution in [3.05, 3.63) is 42.1 Å². The molecule has 0 amide bonds. The molecule has 0 atom stereocenters. The minimum atomic E-state index is 0.727. The average Bonchev–Trinajstić information content (AvgIpc) is 2.41. The maximum Gasteiger partial charge on any atom is 0.133 e. The van der Waals surface area contributed by atoms with Crippen molar-refractivity contribution in [1.29, 1.82) is 0 Å². The maximum atomic E-state index is 5.78. The van der Waals surface area contributed by atoms with E-state index in [1.165, 1.54) is 4.90 Å². The Morgan fingerprint density at radius 3 is 2.33 bits per heavy atom. The second-order valence-corrected chi connectivity index (χ2v) is 4.98. The first-order chi connectivity index (χ1) is 8.61. The highest BCUT2D eigenvalue weighted by Gasteiger charge is 2.06. The Balaban J connectivity index is 2.28. The maximum absolute atomic E-state index is 5.78. The smallest absolute Gasteiger partial charge is 0.133 e. The van der Waals surface area contributed by atoms with Crippen molar-refractivity contribution in [3.63, 3.8) is 0 Å². The summed E-state index contributed by atoms with van der Waals surface area (Å²) in [4.78, 5) is 7.80. The van der Waals surface area contributed by atoms with Crippen LogP contribution in [0, 0.1) is 6.92 Å². The molecule has 94 valence electrons. The van der Waals surface area contributed by atoms with Gasteiger partial charge < -0.3 is 10.6 Å². The molecule has 18 heavy (non-hydrogen) atoms. The molecule has 1 aromatic carbocycles. The van der Waals surface area contributed by atoms with E-state index in [4.69, 9.17) is 5.73 Å². The van der Waals surface area contributed by atoms with E-state index in [2.05, 4.69) is 40.4 Å². The summed E-state index contributed by atoms with van der Waals surface area (Å²) in [6.45, 7) is 1.92. The Morgan fingerprint density at radius 2 is 1.78 bits per heavy atom. The van der Waals surface area contributed by atoms with Crippen LogP contribution < -0.4 is 10.6 Å². The highest BCUT2D eigenvalue weighted by Crippen LogP contribution is 2.25. The van der Waals surface area contributed by atoms with E-state index in [9.17, 15) is 0 Å². The Kier molecular flexibility index (Phi) is 3.77. The van der Waals surface area contributed by atoms with Gasteiger partial charge in [0.05, 0.1) is 11.4 Å². The van der Waals surface area contributed by atoms with Gasteiger partial charge >= 0.3 is 0 Å². The Hall–Kier alpha value is -1.68. The molecule has 0 radical (unpaired) electrons. The molecule has 2 rings (SSSR count). The van der Waals surface area contributed by atoms with Crippen molar-refractivity contribution < 1.29 is 0 Å². The zero-order valence-electron chi connectivity index (χ0n) is 10.8. The highest BCUT2D eigenvalue weighted by atomic mass is 32.2. The molecular formula is C14H17N3S. The Bertz CT molecular complexity index is 537. The van der Waals surface area contributed by atoms with E-state index in [0.29, 0.717) is 0 Å². The summed E-state index contributed by atoms with van der Waals surface area (Å²) in [5, 5.41) is 0. The lowest BCUT2D eigenvalue weighted by molar-refractivity contribution is 1.09. The first-order valence-electron chi connectivity index (χ1n) is 5.72. The molecule has 4 heteroatoms. The fourth-order valence-electron chi connectivity index (χ4n) is 1.68. The number of benzene rings is 1. The predicted molar refractivity (Wildman–Crippen MR) is 79.7 cm³/mol. The molecule has 0 aliphatic carbocycles. The van der Waals surface area contributed by atoms with Crippen LogP contribution in [-0.4, -0.2) is 18.3 Å². The number of pyridine rings is 1. The predicted octanol–water partition coefficient (Wildman–Crippen LogP) is 3.46. The SMILES string of the molecule is CSc1ccc(N(C)c2ccc(N)c(C)n2)cc1. The number of aryl methyl sites for hydroxylation is 1. The monoisotopic (exact) mass is 259 g/mol. The summed E-state index contributed by atoms with van der Waals surface area (Å²) in [6.07, 6.45) is 2.07.